The second kappa shape index (κ2) is 7.10. The second-order valence-corrected chi connectivity index (χ2v) is 9.04. The van der Waals surface area contributed by atoms with Crippen molar-refractivity contribution in [3.05, 3.63) is 63.2 Å². The van der Waals surface area contributed by atoms with E-state index in [-0.39, 0.29) is 10.6 Å². The topological polar surface area (TPSA) is 101 Å². The fourth-order valence-electron chi connectivity index (χ4n) is 3.47. The third-order valence-electron chi connectivity index (χ3n) is 4.87. The van der Waals surface area contributed by atoms with Gasteiger partial charge < -0.3 is 10.0 Å². The zero-order valence-electron chi connectivity index (χ0n) is 14.6. The third-order valence-corrected chi connectivity index (χ3v) is 6.32. The molecule has 0 atom stereocenters. The molecule has 1 saturated heterocycles. The summed E-state index contributed by atoms with van der Waals surface area (Å²) in [5.74, 6) is 0. The summed E-state index contributed by atoms with van der Waals surface area (Å²) in [5, 5.41) is 23.1. The van der Waals surface area contributed by atoms with E-state index in [0.29, 0.717) is 36.5 Å². The Morgan fingerprint density at radius 2 is 1.78 bits per heavy atom. The molecule has 2 aromatic carbocycles. The summed E-state index contributed by atoms with van der Waals surface area (Å²) in [4.78, 5) is 12.3. The Balaban J connectivity index is 1.93. The summed E-state index contributed by atoms with van der Waals surface area (Å²) in [5.41, 5.74) is -0.684. The highest BCUT2D eigenvalue weighted by Gasteiger charge is 2.38. The molecule has 1 aliphatic heterocycles. The predicted molar refractivity (Wildman–Crippen MR) is 103 cm³/mol. The lowest BCUT2D eigenvalue weighted by atomic mass is 9.84. The van der Waals surface area contributed by atoms with Gasteiger partial charge in [0.2, 0.25) is 0 Å². The number of halogens is 1. The van der Waals surface area contributed by atoms with Crippen LogP contribution in [0.4, 0.5) is 11.4 Å². The summed E-state index contributed by atoms with van der Waals surface area (Å²) in [6, 6.07) is 11.3. The molecule has 9 heteroatoms. The molecule has 1 aliphatic rings. The van der Waals surface area contributed by atoms with Gasteiger partial charge in [0.15, 0.2) is 9.84 Å². The molecule has 27 heavy (non-hydrogen) atoms. The van der Waals surface area contributed by atoms with Crippen LogP contribution in [0.3, 0.4) is 0 Å². The van der Waals surface area contributed by atoms with Crippen LogP contribution in [0.25, 0.3) is 0 Å². The van der Waals surface area contributed by atoms with Crippen LogP contribution in [0.5, 0.6) is 0 Å². The summed E-state index contributed by atoms with van der Waals surface area (Å²) < 4.78 is 23.9. The summed E-state index contributed by atoms with van der Waals surface area (Å²) in [6.07, 6.45) is 1.58. The zero-order chi connectivity index (χ0) is 19.8. The Morgan fingerprint density at radius 1 is 1.15 bits per heavy atom. The van der Waals surface area contributed by atoms with Gasteiger partial charge in [-0.25, -0.2) is 8.42 Å². The Morgan fingerprint density at radius 3 is 2.33 bits per heavy atom. The lowest BCUT2D eigenvalue weighted by Gasteiger charge is -2.39. The van der Waals surface area contributed by atoms with E-state index in [1.807, 2.05) is 0 Å². The van der Waals surface area contributed by atoms with E-state index in [1.165, 1.54) is 18.2 Å². The Labute approximate surface area is 162 Å². The molecular weight excluding hydrogens is 392 g/mol. The highest BCUT2D eigenvalue weighted by molar-refractivity contribution is 7.90. The van der Waals surface area contributed by atoms with Crippen LogP contribution in [0.2, 0.25) is 5.02 Å². The minimum absolute atomic E-state index is 0.240. The molecule has 0 aliphatic carbocycles. The number of hydrogen-bond donors (Lipinski definition) is 1. The number of anilines is 1. The van der Waals surface area contributed by atoms with Gasteiger partial charge in [-0.05, 0) is 31.0 Å². The zero-order valence-corrected chi connectivity index (χ0v) is 16.2. The number of sulfone groups is 1. The van der Waals surface area contributed by atoms with Crippen LogP contribution in [0.1, 0.15) is 18.4 Å². The maximum atomic E-state index is 11.9. The van der Waals surface area contributed by atoms with E-state index < -0.39 is 26.0 Å². The molecule has 0 unspecified atom stereocenters. The molecule has 0 saturated carbocycles. The van der Waals surface area contributed by atoms with Gasteiger partial charge >= 0.3 is 5.69 Å². The van der Waals surface area contributed by atoms with Crippen LogP contribution in [-0.2, 0) is 15.4 Å². The van der Waals surface area contributed by atoms with Gasteiger partial charge in [-0.1, -0.05) is 35.9 Å². The van der Waals surface area contributed by atoms with E-state index in [0.717, 1.165) is 6.26 Å². The molecule has 0 amide bonds. The number of nitro benzene ring substituents is 1. The van der Waals surface area contributed by atoms with Gasteiger partial charge in [0, 0.05) is 29.9 Å². The minimum atomic E-state index is -3.75. The Kier molecular flexibility index (Phi) is 5.16. The molecule has 2 aromatic rings. The number of nitrogens with zero attached hydrogens (tertiary/aromatic N) is 2. The van der Waals surface area contributed by atoms with E-state index in [4.69, 9.17) is 11.6 Å². The first-order valence-electron chi connectivity index (χ1n) is 8.33. The number of nitro groups is 1. The van der Waals surface area contributed by atoms with Crippen LogP contribution in [0, 0.1) is 10.1 Å². The molecule has 0 radical (unpaired) electrons. The van der Waals surface area contributed by atoms with Crippen LogP contribution in [-0.4, -0.2) is 37.8 Å². The van der Waals surface area contributed by atoms with Gasteiger partial charge in [-0.2, -0.15) is 0 Å². The molecule has 1 fully saturated rings. The largest absolute Gasteiger partial charge is 0.385 e. The summed E-state index contributed by atoms with van der Waals surface area (Å²) >= 11 is 6.21. The van der Waals surface area contributed by atoms with Crippen molar-refractivity contribution in [1.29, 1.82) is 0 Å². The fourth-order valence-corrected chi connectivity index (χ4v) is 4.64. The fraction of sp³-hybridized carbons (Fsp3) is 0.333. The van der Waals surface area contributed by atoms with E-state index >= 15 is 0 Å². The van der Waals surface area contributed by atoms with Crippen molar-refractivity contribution >= 4 is 32.8 Å². The maximum Gasteiger partial charge on any atom is 0.311 e. The van der Waals surface area contributed by atoms with Gasteiger partial charge in [0.05, 0.1) is 10.5 Å². The average molecular weight is 411 g/mol. The second-order valence-electron chi connectivity index (χ2n) is 6.65. The number of aliphatic hydroxyl groups is 1. The summed E-state index contributed by atoms with van der Waals surface area (Å²) in [7, 11) is -3.75. The van der Waals surface area contributed by atoms with E-state index in [2.05, 4.69) is 0 Å². The first-order chi connectivity index (χ1) is 12.6. The third kappa shape index (κ3) is 3.78. The van der Waals surface area contributed by atoms with Crippen molar-refractivity contribution in [2.24, 2.45) is 0 Å². The standard InChI is InChI=1S/C18H19ClN2O5S/c1-27(25,26)16-8-4-7-15(17(16)21(23)24)20-11-9-18(22,10-12-20)13-5-2-3-6-14(13)19/h2-8,22H,9-12H2,1H3. The lowest BCUT2D eigenvalue weighted by Crippen LogP contribution is -2.43. The van der Waals surface area contributed by atoms with Gasteiger partial charge in [0.1, 0.15) is 10.6 Å². The van der Waals surface area contributed by atoms with Crippen molar-refractivity contribution in [3.63, 3.8) is 0 Å². The molecule has 144 valence electrons. The van der Waals surface area contributed by atoms with Crippen molar-refractivity contribution in [1.82, 2.24) is 0 Å². The smallest absolute Gasteiger partial charge is 0.311 e. The minimum Gasteiger partial charge on any atom is -0.385 e. The first kappa shape index (κ1) is 19.6. The predicted octanol–water partition coefficient (Wildman–Crippen LogP) is 3.14. The maximum absolute atomic E-state index is 11.9. The average Bonchev–Trinajstić information content (AvgIpc) is 2.61. The van der Waals surface area contributed by atoms with Gasteiger partial charge in [-0.3, -0.25) is 10.1 Å². The molecular formula is C18H19ClN2O5S. The van der Waals surface area contributed by atoms with Crippen LogP contribution < -0.4 is 4.90 Å². The highest BCUT2D eigenvalue weighted by Crippen LogP contribution is 2.41. The number of piperidine rings is 1. The number of rotatable bonds is 4. The SMILES string of the molecule is CS(=O)(=O)c1cccc(N2CCC(O)(c3ccccc3Cl)CC2)c1[N+](=O)[O-]. The normalized spacial score (nSPS) is 16.9. The summed E-state index contributed by atoms with van der Waals surface area (Å²) in [6.45, 7) is 0.658. The molecule has 1 heterocycles. The first-order valence-corrected chi connectivity index (χ1v) is 10.6. The van der Waals surface area contributed by atoms with Crippen molar-refractivity contribution in [2.75, 3.05) is 24.2 Å². The molecule has 0 aromatic heterocycles. The van der Waals surface area contributed by atoms with Crippen molar-refractivity contribution < 1.29 is 18.4 Å². The van der Waals surface area contributed by atoms with Gasteiger partial charge in [-0.15, -0.1) is 0 Å². The van der Waals surface area contributed by atoms with Crippen LogP contribution >= 0.6 is 11.6 Å². The molecule has 3 rings (SSSR count). The van der Waals surface area contributed by atoms with E-state index in [1.54, 1.807) is 29.2 Å². The number of hydrogen-bond acceptors (Lipinski definition) is 6. The van der Waals surface area contributed by atoms with Crippen molar-refractivity contribution in [2.45, 2.75) is 23.3 Å². The quantitative estimate of drug-likeness (QED) is 0.613. The molecule has 0 spiro atoms. The Hall–Kier alpha value is -2.16. The number of para-hydroxylation sites is 1. The molecule has 0 bridgehead atoms. The Bertz CT molecular complexity index is 985. The van der Waals surface area contributed by atoms with Crippen molar-refractivity contribution in [3.8, 4) is 0 Å². The monoisotopic (exact) mass is 410 g/mol. The lowest BCUT2D eigenvalue weighted by molar-refractivity contribution is -0.387. The number of benzene rings is 2. The molecule has 7 nitrogen and oxygen atoms in total. The highest BCUT2D eigenvalue weighted by atomic mass is 35.5. The van der Waals surface area contributed by atoms with E-state index in [9.17, 15) is 23.6 Å². The van der Waals surface area contributed by atoms with Crippen LogP contribution in [0.15, 0.2) is 47.4 Å². The molecule has 1 N–H and O–H groups in total. The van der Waals surface area contributed by atoms with Gasteiger partial charge in [0.25, 0.3) is 0 Å².